The second-order valence-electron chi connectivity index (χ2n) is 6.36. The third-order valence-electron chi connectivity index (χ3n) is 3.71. The molecule has 1 fully saturated rings. The Hall–Kier alpha value is -1.66. The molecule has 6 nitrogen and oxygen atoms in total. The number of rotatable bonds is 4. The van der Waals surface area contributed by atoms with Gasteiger partial charge in [-0.3, -0.25) is 15.0 Å². The van der Waals surface area contributed by atoms with E-state index < -0.39 is 5.60 Å². The van der Waals surface area contributed by atoms with Crippen molar-refractivity contribution >= 4 is 11.4 Å². The van der Waals surface area contributed by atoms with E-state index in [4.69, 9.17) is 0 Å². The molecular weight excluding hydrogens is 270 g/mol. The Morgan fingerprint density at radius 2 is 1.95 bits per heavy atom. The summed E-state index contributed by atoms with van der Waals surface area (Å²) in [5.41, 5.74) is 0.443. The summed E-state index contributed by atoms with van der Waals surface area (Å²) < 4.78 is 0. The van der Waals surface area contributed by atoms with E-state index in [1.807, 2.05) is 13.8 Å². The van der Waals surface area contributed by atoms with Gasteiger partial charge in [-0.2, -0.15) is 0 Å². The van der Waals surface area contributed by atoms with E-state index in [-0.39, 0.29) is 10.6 Å². The van der Waals surface area contributed by atoms with Crippen LogP contribution in [0.3, 0.4) is 0 Å². The lowest BCUT2D eigenvalue weighted by atomic mass is 10.1. The topological polar surface area (TPSA) is 69.8 Å². The van der Waals surface area contributed by atoms with Crippen molar-refractivity contribution in [1.29, 1.82) is 0 Å². The predicted octanol–water partition coefficient (Wildman–Crippen LogP) is 1.88. The zero-order chi connectivity index (χ0) is 15.6. The highest BCUT2D eigenvalue weighted by molar-refractivity contribution is 5.52. The fraction of sp³-hybridized carbons (Fsp3) is 0.600. The van der Waals surface area contributed by atoms with Crippen molar-refractivity contribution in [2.75, 3.05) is 31.1 Å². The fourth-order valence-electron chi connectivity index (χ4n) is 2.87. The summed E-state index contributed by atoms with van der Waals surface area (Å²) in [4.78, 5) is 14.8. The summed E-state index contributed by atoms with van der Waals surface area (Å²) in [6, 6.07) is 7.01. The van der Waals surface area contributed by atoms with E-state index in [1.54, 1.807) is 24.3 Å². The third-order valence-corrected chi connectivity index (χ3v) is 3.71. The largest absolute Gasteiger partial charge is 0.389 e. The highest BCUT2D eigenvalue weighted by atomic mass is 16.6. The average Bonchev–Trinajstić information content (AvgIpc) is 2.37. The maximum absolute atomic E-state index is 10.7. The SMILES string of the molecule is CC1CN(CC(C)(C)O)CCN1c1ccc([N+](=O)[O-])cc1. The molecule has 0 radical (unpaired) electrons. The normalized spacial score (nSPS) is 20.6. The molecule has 1 aliphatic heterocycles. The number of hydrogen-bond acceptors (Lipinski definition) is 5. The lowest BCUT2D eigenvalue weighted by Gasteiger charge is -2.42. The number of non-ortho nitro benzene ring substituents is 1. The van der Waals surface area contributed by atoms with Crippen molar-refractivity contribution < 1.29 is 10.0 Å². The van der Waals surface area contributed by atoms with Crippen LogP contribution in [-0.4, -0.2) is 52.8 Å². The van der Waals surface area contributed by atoms with E-state index in [1.165, 1.54) is 0 Å². The minimum absolute atomic E-state index is 0.118. The molecule has 2 rings (SSSR count). The minimum atomic E-state index is -0.685. The molecule has 1 aromatic rings. The predicted molar refractivity (Wildman–Crippen MR) is 82.6 cm³/mol. The van der Waals surface area contributed by atoms with Crippen LogP contribution in [0, 0.1) is 10.1 Å². The zero-order valence-corrected chi connectivity index (χ0v) is 12.8. The highest BCUT2D eigenvalue weighted by Crippen LogP contribution is 2.24. The van der Waals surface area contributed by atoms with Crippen molar-refractivity contribution in [3.63, 3.8) is 0 Å². The third kappa shape index (κ3) is 4.15. The van der Waals surface area contributed by atoms with Gasteiger partial charge in [0.2, 0.25) is 0 Å². The van der Waals surface area contributed by atoms with Crippen LogP contribution in [-0.2, 0) is 0 Å². The summed E-state index contributed by atoms with van der Waals surface area (Å²) in [7, 11) is 0. The Bertz CT molecular complexity index is 496. The smallest absolute Gasteiger partial charge is 0.269 e. The van der Waals surface area contributed by atoms with Crippen molar-refractivity contribution in [2.45, 2.75) is 32.4 Å². The van der Waals surface area contributed by atoms with Gasteiger partial charge in [-0.15, -0.1) is 0 Å². The summed E-state index contributed by atoms with van der Waals surface area (Å²) >= 11 is 0. The van der Waals surface area contributed by atoms with Gasteiger partial charge in [-0.1, -0.05) is 0 Å². The molecule has 1 N–H and O–H groups in total. The number of nitrogens with zero attached hydrogens (tertiary/aromatic N) is 3. The Balaban J connectivity index is 2.01. The number of aliphatic hydroxyl groups is 1. The van der Waals surface area contributed by atoms with E-state index in [2.05, 4.69) is 16.7 Å². The molecule has 0 aromatic heterocycles. The number of nitro benzene ring substituents is 1. The van der Waals surface area contributed by atoms with Gasteiger partial charge in [0.1, 0.15) is 0 Å². The van der Waals surface area contributed by atoms with Gasteiger partial charge in [-0.25, -0.2) is 0 Å². The Labute approximate surface area is 125 Å². The van der Waals surface area contributed by atoms with Crippen LogP contribution in [0.1, 0.15) is 20.8 Å². The minimum Gasteiger partial charge on any atom is -0.389 e. The highest BCUT2D eigenvalue weighted by Gasteiger charge is 2.27. The van der Waals surface area contributed by atoms with Crippen molar-refractivity contribution in [3.8, 4) is 0 Å². The molecule has 1 atom stereocenters. The molecule has 1 aromatic carbocycles. The molecular formula is C15H23N3O3. The lowest BCUT2D eigenvalue weighted by Crippen LogP contribution is -2.54. The molecule has 21 heavy (non-hydrogen) atoms. The second kappa shape index (κ2) is 5.99. The number of nitro groups is 1. The summed E-state index contributed by atoms with van der Waals surface area (Å²) in [6.07, 6.45) is 0. The van der Waals surface area contributed by atoms with Crippen LogP contribution in [0.2, 0.25) is 0 Å². The Morgan fingerprint density at radius 3 is 2.43 bits per heavy atom. The molecule has 0 amide bonds. The molecule has 0 aliphatic carbocycles. The molecule has 116 valence electrons. The maximum atomic E-state index is 10.7. The molecule has 0 spiro atoms. The van der Waals surface area contributed by atoms with E-state index in [9.17, 15) is 15.2 Å². The Kier molecular flexibility index (Phi) is 4.49. The standard InChI is InChI=1S/C15H23N3O3/c1-12-10-16(11-15(2,3)19)8-9-17(12)13-4-6-14(7-5-13)18(20)21/h4-7,12,19H,8-11H2,1-3H3. The van der Waals surface area contributed by atoms with Crippen LogP contribution < -0.4 is 4.90 Å². The van der Waals surface area contributed by atoms with Gasteiger partial charge in [0.25, 0.3) is 5.69 Å². The molecule has 0 saturated carbocycles. The van der Waals surface area contributed by atoms with Crippen molar-refractivity contribution in [3.05, 3.63) is 34.4 Å². The summed E-state index contributed by atoms with van der Waals surface area (Å²) in [5.74, 6) is 0. The monoisotopic (exact) mass is 293 g/mol. The molecule has 1 heterocycles. The van der Waals surface area contributed by atoms with E-state index in [0.717, 1.165) is 25.3 Å². The molecule has 6 heteroatoms. The molecule has 1 aliphatic rings. The number of anilines is 1. The summed E-state index contributed by atoms with van der Waals surface area (Å²) in [6.45, 7) is 9.05. The first kappa shape index (κ1) is 15.7. The number of β-amino-alcohol motifs (C(OH)–C–C–N with tert-alkyl or cyclic N) is 1. The van der Waals surface area contributed by atoms with Gasteiger partial charge in [0.05, 0.1) is 10.5 Å². The van der Waals surface area contributed by atoms with Crippen molar-refractivity contribution in [1.82, 2.24) is 4.90 Å². The Morgan fingerprint density at radius 1 is 1.33 bits per heavy atom. The van der Waals surface area contributed by atoms with Gasteiger partial charge < -0.3 is 10.0 Å². The quantitative estimate of drug-likeness (QED) is 0.678. The van der Waals surface area contributed by atoms with E-state index in [0.29, 0.717) is 12.6 Å². The number of hydrogen-bond donors (Lipinski definition) is 1. The first-order valence-electron chi connectivity index (χ1n) is 7.22. The number of benzene rings is 1. The average molecular weight is 293 g/mol. The van der Waals surface area contributed by atoms with Gasteiger partial charge in [-0.05, 0) is 32.9 Å². The van der Waals surface area contributed by atoms with Crippen LogP contribution in [0.25, 0.3) is 0 Å². The molecule has 0 bridgehead atoms. The first-order valence-corrected chi connectivity index (χ1v) is 7.22. The number of piperazine rings is 1. The van der Waals surface area contributed by atoms with Gasteiger partial charge in [0, 0.05) is 50.0 Å². The van der Waals surface area contributed by atoms with Crippen LogP contribution in [0.5, 0.6) is 0 Å². The lowest BCUT2D eigenvalue weighted by molar-refractivity contribution is -0.384. The maximum Gasteiger partial charge on any atom is 0.269 e. The van der Waals surface area contributed by atoms with Crippen LogP contribution in [0.15, 0.2) is 24.3 Å². The fourth-order valence-corrected chi connectivity index (χ4v) is 2.87. The first-order chi connectivity index (χ1) is 9.76. The van der Waals surface area contributed by atoms with Crippen molar-refractivity contribution in [2.24, 2.45) is 0 Å². The van der Waals surface area contributed by atoms with Crippen LogP contribution >= 0.6 is 0 Å². The van der Waals surface area contributed by atoms with Gasteiger partial charge in [0.15, 0.2) is 0 Å². The van der Waals surface area contributed by atoms with Crippen LogP contribution in [0.4, 0.5) is 11.4 Å². The molecule has 1 saturated heterocycles. The summed E-state index contributed by atoms with van der Waals surface area (Å²) in [5, 5.41) is 20.6. The second-order valence-corrected chi connectivity index (χ2v) is 6.36. The molecule has 1 unspecified atom stereocenters. The van der Waals surface area contributed by atoms with Gasteiger partial charge >= 0.3 is 0 Å². The van der Waals surface area contributed by atoms with E-state index >= 15 is 0 Å². The zero-order valence-electron chi connectivity index (χ0n) is 12.8.